The van der Waals surface area contributed by atoms with E-state index in [1.807, 2.05) is 6.92 Å². The lowest BCUT2D eigenvalue weighted by atomic mass is 9.43. The molecule has 0 radical (unpaired) electrons. The Bertz CT molecular complexity index is 675. The molecule has 0 aromatic rings. The number of hydrogen-bond donors (Lipinski definition) is 1. The first-order valence-electron chi connectivity index (χ1n) is 14.0. The monoisotopic (exact) mass is 446 g/mol. The van der Waals surface area contributed by atoms with E-state index in [1.54, 1.807) is 0 Å². The molecule has 0 aromatic carbocycles. The molecule has 184 valence electrons. The quantitative estimate of drug-likeness (QED) is 0.446. The first kappa shape index (κ1) is 24.6. The molecule has 4 aliphatic carbocycles. The Morgan fingerprint density at radius 1 is 1.03 bits per heavy atom. The largest absolute Gasteiger partial charge is 0.462 e. The van der Waals surface area contributed by atoms with Gasteiger partial charge in [0, 0.05) is 0 Å². The van der Waals surface area contributed by atoms with Crippen LogP contribution in [-0.4, -0.2) is 23.3 Å². The van der Waals surface area contributed by atoms with Gasteiger partial charge >= 0.3 is 5.97 Å². The zero-order valence-corrected chi connectivity index (χ0v) is 21.7. The second-order valence-electron chi connectivity index (χ2n) is 12.9. The maximum Gasteiger partial charge on any atom is 0.308 e. The summed E-state index contributed by atoms with van der Waals surface area (Å²) in [7, 11) is 0. The normalized spacial score (nSPS) is 47.7. The second kappa shape index (κ2) is 9.23. The van der Waals surface area contributed by atoms with E-state index < -0.39 is 0 Å². The van der Waals surface area contributed by atoms with Crippen LogP contribution in [0.2, 0.25) is 0 Å². The van der Waals surface area contributed by atoms with E-state index in [4.69, 9.17) is 4.74 Å². The Kier molecular flexibility index (Phi) is 7.08. The molecule has 4 fully saturated rings. The predicted molar refractivity (Wildman–Crippen MR) is 130 cm³/mol. The van der Waals surface area contributed by atoms with E-state index in [2.05, 4.69) is 34.6 Å². The van der Waals surface area contributed by atoms with Gasteiger partial charge in [-0.3, -0.25) is 4.79 Å². The highest BCUT2D eigenvalue weighted by Gasteiger charge is 2.63. The Morgan fingerprint density at radius 2 is 1.78 bits per heavy atom. The van der Waals surface area contributed by atoms with Crippen molar-refractivity contribution in [1.29, 1.82) is 0 Å². The van der Waals surface area contributed by atoms with Crippen LogP contribution < -0.4 is 0 Å². The van der Waals surface area contributed by atoms with Gasteiger partial charge < -0.3 is 9.84 Å². The maximum atomic E-state index is 12.4. The van der Waals surface area contributed by atoms with Gasteiger partial charge in [-0.2, -0.15) is 0 Å². The molecule has 0 bridgehead atoms. The zero-order chi connectivity index (χ0) is 23.3. The number of aliphatic hydroxyl groups excluding tert-OH is 1. The van der Waals surface area contributed by atoms with Crippen molar-refractivity contribution < 1.29 is 14.6 Å². The third kappa shape index (κ3) is 3.87. The van der Waals surface area contributed by atoms with E-state index in [9.17, 15) is 9.90 Å². The molecule has 3 nitrogen and oxygen atoms in total. The number of ether oxygens (including phenoxy) is 1. The van der Waals surface area contributed by atoms with Gasteiger partial charge in [-0.25, -0.2) is 0 Å². The van der Waals surface area contributed by atoms with Crippen molar-refractivity contribution in [3.05, 3.63) is 0 Å². The van der Waals surface area contributed by atoms with Gasteiger partial charge in [-0.15, -0.1) is 0 Å². The topological polar surface area (TPSA) is 46.5 Å². The number of aliphatic hydroxyl groups is 1. The number of hydrogen-bond acceptors (Lipinski definition) is 3. The van der Waals surface area contributed by atoms with Crippen LogP contribution in [0.15, 0.2) is 0 Å². The van der Waals surface area contributed by atoms with E-state index in [0.717, 1.165) is 43.9 Å². The van der Waals surface area contributed by atoms with Crippen LogP contribution in [0.3, 0.4) is 0 Å². The summed E-state index contributed by atoms with van der Waals surface area (Å²) < 4.78 is 5.96. The summed E-state index contributed by atoms with van der Waals surface area (Å²) in [5, 5.41) is 11.7. The fourth-order valence-corrected chi connectivity index (χ4v) is 9.35. The molecule has 7 unspecified atom stereocenters. The van der Waals surface area contributed by atoms with Gasteiger partial charge in [0.1, 0.15) is 6.10 Å². The zero-order valence-electron chi connectivity index (χ0n) is 21.7. The first-order valence-corrected chi connectivity index (χ1v) is 14.0. The third-order valence-corrected chi connectivity index (χ3v) is 11.5. The Labute approximate surface area is 197 Å². The lowest BCUT2D eigenvalue weighted by Crippen LogP contribution is -2.59. The maximum absolute atomic E-state index is 12.4. The summed E-state index contributed by atoms with van der Waals surface area (Å²) >= 11 is 0. The summed E-state index contributed by atoms with van der Waals surface area (Å²) in [4.78, 5) is 12.4. The molecule has 1 N–H and O–H groups in total. The molecule has 0 aromatic heterocycles. The van der Waals surface area contributed by atoms with Gasteiger partial charge in [0.05, 0.1) is 12.0 Å². The second-order valence-corrected chi connectivity index (χ2v) is 12.9. The molecule has 4 saturated carbocycles. The predicted octanol–water partition coefficient (Wildman–Crippen LogP) is 7.01. The van der Waals surface area contributed by atoms with Crippen molar-refractivity contribution in [2.24, 2.45) is 52.3 Å². The van der Waals surface area contributed by atoms with E-state index >= 15 is 0 Å². The van der Waals surface area contributed by atoms with Crippen LogP contribution in [0.1, 0.15) is 112 Å². The third-order valence-electron chi connectivity index (χ3n) is 11.5. The van der Waals surface area contributed by atoms with Crippen LogP contribution in [0, 0.1) is 52.3 Å². The van der Waals surface area contributed by atoms with Crippen LogP contribution >= 0.6 is 0 Å². The summed E-state index contributed by atoms with van der Waals surface area (Å²) in [6, 6.07) is 0. The minimum Gasteiger partial charge on any atom is -0.462 e. The van der Waals surface area contributed by atoms with Gasteiger partial charge in [0.2, 0.25) is 0 Å². The summed E-state index contributed by atoms with van der Waals surface area (Å²) in [5.41, 5.74) is 0.416. The van der Waals surface area contributed by atoms with Crippen LogP contribution in [0.25, 0.3) is 0 Å². The molecule has 4 rings (SSSR count). The van der Waals surface area contributed by atoms with Crippen molar-refractivity contribution in [1.82, 2.24) is 0 Å². The number of fused-ring (bicyclic) bond motifs is 5. The summed E-state index contributed by atoms with van der Waals surface area (Å²) in [6.07, 6.45) is 12.8. The molecule has 0 saturated heterocycles. The lowest BCUT2D eigenvalue weighted by Gasteiger charge is -2.62. The van der Waals surface area contributed by atoms with Gasteiger partial charge in [-0.05, 0) is 104 Å². The minimum absolute atomic E-state index is 0.00293. The van der Waals surface area contributed by atoms with Crippen molar-refractivity contribution in [3.8, 4) is 0 Å². The molecule has 0 amide bonds. The van der Waals surface area contributed by atoms with E-state index in [-0.39, 0.29) is 29.5 Å². The number of carbonyl (C=O) groups is 1. The van der Waals surface area contributed by atoms with Crippen LogP contribution in [0.5, 0.6) is 0 Å². The van der Waals surface area contributed by atoms with Crippen LogP contribution in [-0.2, 0) is 9.53 Å². The van der Waals surface area contributed by atoms with Crippen molar-refractivity contribution >= 4 is 5.97 Å². The summed E-state index contributed by atoms with van der Waals surface area (Å²) in [5.74, 6) is 4.17. The standard InChI is InChI=1S/C29H50O3/c1-7-9-19(4)23-12-13-24-22-11-10-20-16-21(32-27(31)18(3)8-2)14-15-28(20,5)25(22)17-26(30)29(23,24)6/h18-26,30H,7-17H2,1-6H3/t18?,19?,20?,21-,22?,23?,24?,25?,26-,28-,29+/m0/s1. The van der Waals surface area contributed by atoms with E-state index in [1.165, 1.54) is 38.5 Å². The minimum atomic E-state index is -0.155. The molecule has 0 spiro atoms. The van der Waals surface area contributed by atoms with Crippen LogP contribution in [0.4, 0.5) is 0 Å². The van der Waals surface area contributed by atoms with E-state index in [0.29, 0.717) is 29.1 Å². The Balaban J connectivity index is 1.49. The Morgan fingerprint density at radius 3 is 2.47 bits per heavy atom. The molecule has 0 aliphatic heterocycles. The average molecular weight is 447 g/mol. The van der Waals surface area contributed by atoms with Gasteiger partial charge in [0.25, 0.3) is 0 Å². The van der Waals surface area contributed by atoms with Crippen molar-refractivity contribution in [2.45, 2.75) is 124 Å². The highest BCUT2D eigenvalue weighted by molar-refractivity contribution is 5.72. The lowest BCUT2D eigenvalue weighted by molar-refractivity contribution is -0.183. The highest BCUT2D eigenvalue weighted by atomic mass is 16.5. The smallest absolute Gasteiger partial charge is 0.308 e. The fourth-order valence-electron chi connectivity index (χ4n) is 9.35. The molecule has 32 heavy (non-hydrogen) atoms. The molecular weight excluding hydrogens is 396 g/mol. The van der Waals surface area contributed by atoms with Crippen molar-refractivity contribution in [3.63, 3.8) is 0 Å². The van der Waals surface area contributed by atoms with Crippen molar-refractivity contribution in [2.75, 3.05) is 0 Å². The average Bonchev–Trinajstić information content (AvgIpc) is 3.13. The highest BCUT2D eigenvalue weighted by Crippen LogP contribution is 2.68. The SMILES string of the molecule is CCCC(C)C1CCC2C3CCC4C[C@@H](OC(=O)C(C)CC)CC[C@]4(C)C3C[C@H](O)[C@]12C. The summed E-state index contributed by atoms with van der Waals surface area (Å²) in [6.45, 7) is 13.8. The Hall–Kier alpha value is -0.570. The molecule has 3 heteroatoms. The fraction of sp³-hybridized carbons (Fsp3) is 0.966. The first-order chi connectivity index (χ1) is 15.2. The molecule has 4 aliphatic rings. The number of rotatable bonds is 6. The van der Waals surface area contributed by atoms with Gasteiger partial charge in [0.15, 0.2) is 0 Å². The number of carbonyl (C=O) groups excluding carboxylic acids is 1. The molecule has 11 atom stereocenters. The van der Waals surface area contributed by atoms with Gasteiger partial charge in [-0.1, -0.05) is 54.4 Å². The molecular formula is C29H50O3. The number of esters is 1. The molecule has 0 heterocycles.